The lowest BCUT2D eigenvalue weighted by molar-refractivity contribution is -0.137. The molecule has 1 aliphatic heterocycles. The average molecular weight is 337 g/mol. The number of nitrogens with zero attached hydrogens (tertiary/aromatic N) is 2. The number of piperidine rings is 1. The van der Waals surface area contributed by atoms with Gasteiger partial charge in [-0.15, -0.1) is 0 Å². The van der Waals surface area contributed by atoms with Crippen LogP contribution in [0.15, 0.2) is 18.3 Å². The lowest BCUT2D eigenvalue weighted by Gasteiger charge is -2.33. The molecule has 1 saturated heterocycles. The first kappa shape index (κ1) is 17.0. The van der Waals surface area contributed by atoms with Crippen molar-refractivity contribution in [2.45, 2.75) is 19.0 Å². The molecule has 124 valence electrons. The molecule has 0 amide bonds. The molecule has 1 aliphatic rings. The lowest BCUT2D eigenvalue weighted by Crippen LogP contribution is -2.41. The summed E-state index contributed by atoms with van der Waals surface area (Å²) in [5.74, 6) is 0.332. The van der Waals surface area contributed by atoms with Crippen molar-refractivity contribution in [2.24, 2.45) is 5.92 Å². The van der Waals surface area contributed by atoms with Gasteiger partial charge in [0.25, 0.3) is 0 Å². The van der Waals surface area contributed by atoms with E-state index in [1.165, 1.54) is 0 Å². The molecule has 0 spiro atoms. The molecular weight excluding hydrogens is 319 g/mol. The van der Waals surface area contributed by atoms with Crippen LogP contribution in [0.25, 0.3) is 0 Å². The molecule has 1 N–H and O–H groups in total. The predicted octanol–water partition coefficient (Wildman–Crippen LogP) is 1.87. The average Bonchev–Trinajstić information content (AvgIpc) is 2.44. The van der Waals surface area contributed by atoms with Crippen LogP contribution in [0.4, 0.5) is 19.0 Å². The maximum absolute atomic E-state index is 12.7. The fourth-order valence-corrected chi connectivity index (χ4v) is 3.02. The van der Waals surface area contributed by atoms with Crippen LogP contribution in [-0.2, 0) is 16.2 Å². The van der Waals surface area contributed by atoms with Crippen LogP contribution in [0.3, 0.4) is 0 Å². The van der Waals surface area contributed by atoms with Crippen LogP contribution in [0.2, 0.25) is 0 Å². The SMILES string of the molecule is CS(=O)(=O)NC[C@@H]1CCCN(c2cc(C(F)(F)F)ccn2)C1. The van der Waals surface area contributed by atoms with Gasteiger partial charge in [-0.05, 0) is 30.9 Å². The molecule has 2 rings (SSSR count). The Balaban J connectivity index is 2.06. The lowest BCUT2D eigenvalue weighted by atomic mass is 9.98. The van der Waals surface area contributed by atoms with Crippen molar-refractivity contribution >= 4 is 15.8 Å². The minimum atomic E-state index is -4.40. The highest BCUT2D eigenvalue weighted by atomic mass is 32.2. The molecule has 0 aromatic carbocycles. The Labute approximate surface area is 127 Å². The third kappa shape index (κ3) is 4.84. The largest absolute Gasteiger partial charge is 0.416 e. The molecule has 1 aromatic heterocycles. The zero-order chi connectivity index (χ0) is 16.4. The molecule has 1 aromatic rings. The van der Waals surface area contributed by atoms with Gasteiger partial charge in [0, 0.05) is 25.8 Å². The molecule has 1 atom stereocenters. The van der Waals surface area contributed by atoms with Crippen molar-refractivity contribution in [3.05, 3.63) is 23.9 Å². The number of anilines is 1. The van der Waals surface area contributed by atoms with E-state index in [1.807, 2.05) is 0 Å². The number of sulfonamides is 1. The van der Waals surface area contributed by atoms with Gasteiger partial charge in [0.05, 0.1) is 11.8 Å². The first-order valence-electron chi connectivity index (χ1n) is 6.88. The summed E-state index contributed by atoms with van der Waals surface area (Å²) >= 11 is 0. The van der Waals surface area contributed by atoms with E-state index in [9.17, 15) is 21.6 Å². The summed E-state index contributed by atoms with van der Waals surface area (Å²) in [5.41, 5.74) is -0.728. The third-order valence-corrected chi connectivity index (χ3v) is 4.24. The standard InChI is InChI=1S/C13H18F3N3O2S/c1-22(20,21)18-8-10-3-2-6-19(9-10)12-7-11(4-5-17-12)13(14,15)16/h4-5,7,10,18H,2-3,6,8-9H2,1H3/t10-/m0/s1. The number of rotatable bonds is 4. The summed E-state index contributed by atoms with van der Waals surface area (Å²) in [4.78, 5) is 5.78. The van der Waals surface area contributed by atoms with Crippen LogP contribution in [0, 0.1) is 5.92 Å². The van der Waals surface area contributed by atoms with Crippen molar-refractivity contribution in [1.29, 1.82) is 0 Å². The molecule has 0 saturated carbocycles. The molecule has 0 aliphatic carbocycles. The minimum Gasteiger partial charge on any atom is -0.356 e. The second-order valence-corrected chi connectivity index (χ2v) is 7.31. The van der Waals surface area contributed by atoms with Gasteiger partial charge < -0.3 is 4.90 Å². The zero-order valence-electron chi connectivity index (χ0n) is 12.1. The first-order valence-corrected chi connectivity index (χ1v) is 8.77. The van der Waals surface area contributed by atoms with Gasteiger partial charge >= 0.3 is 6.18 Å². The van der Waals surface area contributed by atoms with Gasteiger partial charge in [-0.25, -0.2) is 18.1 Å². The summed E-state index contributed by atoms with van der Waals surface area (Å²) in [6.45, 7) is 1.38. The van der Waals surface area contributed by atoms with E-state index in [0.717, 1.165) is 37.4 Å². The summed E-state index contributed by atoms with van der Waals surface area (Å²) in [6.07, 6.45) is -0.546. The number of halogens is 3. The van der Waals surface area contributed by atoms with Gasteiger partial charge in [0.15, 0.2) is 0 Å². The minimum absolute atomic E-state index is 0.0554. The van der Waals surface area contributed by atoms with Crippen LogP contribution in [0.1, 0.15) is 18.4 Å². The number of hydrogen-bond acceptors (Lipinski definition) is 4. The number of hydrogen-bond donors (Lipinski definition) is 1. The quantitative estimate of drug-likeness (QED) is 0.911. The van der Waals surface area contributed by atoms with Crippen LogP contribution in [0.5, 0.6) is 0 Å². The Morgan fingerprint density at radius 2 is 2.18 bits per heavy atom. The van der Waals surface area contributed by atoms with Crippen molar-refractivity contribution in [1.82, 2.24) is 9.71 Å². The Morgan fingerprint density at radius 3 is 2.82 bits per heavy atom. The van der Waals surface area contributed by atoms with E-state index in [0.29, 0.717) is 13.1 Å². The molecule has 0 unspecified atom stereocenters. The molecular formula is C13H18F3N3O2S. The fourth-order valence-electron chi connectivity index (χ4n) is 2.48. The second-order valence-electron chi connectivity index (χ2n) is 5.48. The smallest absolute Gasteiger partial charge is 0.356 e. The van der Waals surface area contributed by atoms with Gasteiger partial charge in [-0.3, -0.25) is 0 Å². The predicted molar refractivity (Wildman–Crippen MR) is 77.0 cm³/mol. The Morgan fingerprint density at radius 1 is 1.45 bits per heavy atom. The van der Waals surface area contributed by atoms with Gasteiger partial charge in [-0.2, -0.15) is 13.2 Å². The monoisotopic (exact) mass is 337 g/mol. The van der Waals surface area contributed by atoms with Crippen LogP contribution in [-0.4, -0.2) is 39.3 Å². The summed E-state index contributed by atoms with van der Waals surface area (Å²) < 4.78 is 62.9. The summed E-state index contributed by atoms with van der Waals surface area (Å²) in [6, 6.07) is 1.97. The molecule has 9 heteroatoms. The molecule has 2 heterocycles. The fraction of sp³-hybridized carbons (Fsp3) is 0.615. The Kier molecular flexibility index (Phi) is 4.96. The summed E-state index contributed by atoms with van der Waals surface area (Å²) in [5, 5.41) is 0. The van der Waals surface area contributed by atoms with E-state index >= 15 is 0 Å². The van der Waals surface area contributed by atoms with E-state index in [2.05, 4.69) is 9.71 Å². The Hall–Kier alpha value is -1.35. The number of pyridine rings is 1. The van der Waals surface area contributed by atoms with Crippen LogP contribution < -0.4 is 9.62 Å². The Bertz CT molecular complexity index is 619. The zero-order valence-corrected chi connectivity index (χ0v) is 12.9. The van der Waals surface area contributed by atoms with Crippen molar-refractivity contribution < 1.29 is 21.6 Å². The normalized spacial score (nSPS) is 20.2. The highest BCUT2D eigenvalue weighted by molar-refractivity contribution is 7.88. The molecule has 22 heavy (non-hydrogen) atoms. The third-order valence-electron chi connectivity index (χ3n) is 3.55. The number of aromatic nitrogens is 1. The van der Waals surface area contributed by atoms with E-state index < -0.39 is 21.8 Å². The van der Waals surface area contributed by atoms with E-state index in [-0.39, 0.29) is 18.3 Å². The highest BCUT2D eigenvalue weighted by Gasteiger charge is 2.31. The van der Waals surface area contributed by atoms with Crippen molar-refractivity contribution in [2.75, 3.05) is 30.8 Å². The van der Waals surface area contributed by atoms with Crippen LogP contribution >= 0.6 is 0 Å². The number of nitrogens with one attached hydrogen (secondary N) is 1. The van der Waals surface area contributed by atoms with Crippen molar-refractivity contribution in [3.8, 4) is 0 Å². The van der Waals surface area contributed by atoms with E-state index in [4.69, 9.17) is 0 Å². The maximum Gasteiger partial charge on any atom is 0.416 e. The second kappa shape index (κ2) is 6.41. The number of alkyl halides is 3. The molecule has 5 nitrogen and oxygen atoms in total. The molecule has 0 bridgehead atoms. The maximum atomic E-state index is 12.7. The first-order chi connectivity index (χ1) is 10.1. The van der Waals surface area contributed by atoms with E-state index in [1.54, 1.807) is 4.90 Å². The highest BCUT2D eigenvalue weighted by Crippen LogP contribution is 2.31. The van der Waals surface area contributed by atoms with Gasteiger partial charge in [0.1, 0.15) is 5.82 Å². The molecule has 1 fully saturated rings. The molecule has 0 radical (unpaired) electrons. The van der Waals surface area contributed by atoms with Gasteiger partial charge in [-0.1, -0.05) is 0 Å². The summed E-state index contributed by atoms with van der Waals surface area (Å²) in [7, 11) is -3.26. The van der Waals surface area contributed by atoms with Gasteiger partial charge in [0.2, 0.25) is 10.0 Å². The van der Waals surface area contributed by atoms with Crippen molar-refractivity contribution in [3.63, 3.8) is 0 Å². The topological polar surface area (TPSA) is 62.3 Å².